The number of nitrogens with zero attached hydrogens (tertiary/aromatic N) is 2. The SMILES string of the molecule is c1ccc(-c2cccc(-c3c4ccccc4c(-c4cccc(-c5ccccc5)c4)c4cc(-c5ccc(-c6cnc(-c7ccccc7)n6-c6ccccc6)cc5)ccc34)c2)cc1. The monoisotopic (exact) mass is 776 g/mol. The second-order valence-electron chi connectivity index (χ2n) is 15.5. The summed E-state index contributed by atoms with van der Waals surface area (Å²) in [6.45, 7) is 0. The maximum atomic E-state index is 4.96. The molecule has 2 nitrogen and oxygen atoms in total. The lowest BCUT2D eigenvalue weighted by Crippen LogP contribution is -1.99. The number of rotatable bonds is 8. The molecule has 286 valence electrons. The first kappa shape index (κ1) is 36.0. The first-order valence-electron chi connectivity index (χ1n) is 20.9. The van der Waals surface area contributed by atoms with Crippen LogP contribution < -0.4 is 0 Å². The molecule has 0 atom stereocenters. The lowest BCUT2D eigenvalue weighted by molar-refractivity contribution is 1.07. The Labute approximate surface area is 356 Å². The van der Waals surface area contributed by atoms with Crippen molar-refractivity contribution < 1.29 is 0 Å². The molecule has 0 spiro atoms. The highest BCUT2D eigenvalue weighted by Crippen LogP contribution is 2.46. The van der Waals surface area contributed by atoms with Gasteiger partial charge in [-0.05, 0) is 108 Å². The Hall–Kier alpha value is -8.07. The van der Waals surface area contributed by atoms with E-state index in [-0.39, 0.29) is 0 Å². The number of benzene rings is 10. The second kappa shape index (κ2) is 15.6. The number of hydrogen-bond acceptors (Lipinski definition) is 1. The standard InChI is InChI=1S/C59H40N2/c1-5-17-41(18-6-1)46-23-15-25-49(37-46)57-52-29-13-14-30-53(52)58(50-26-16-24-47(38-50)42-19-7-2-8-20-42)55-39-48(35-36-54(55)57)43-31-33-44(34-32-43)56-40-60-59(45-21-9-3-10-22-45)61(56)51-27-11-4-12-28-51/h1-40H. The van der Waals surface area contributed by atoms with Crippen LogP contribution in [0.3, 0.4) is 0 Å². The molecule has 11 rings (SSSR count). The van der Waals surface area contributed by atoms with E-state index in [0.29, 0.717) is 0 Å². The van der Waals surface area contributed by atoms with Crippen LogP contribution in [0.5, 0.6) is 0 Å². The van der Waals surface area contributed by atoms with Gasteiger partial charge in [-0.25, -0.2) is 4.98 Å². The van der Waals surface area contributed by atoms with Gasteiger partial charge in [-0.15, -0.1) is 0 Å². The van der Waals surface area contributed by atoms with Gasteiger partial charge in [0.05, 0.1) is 11.9 Å². The largest absolute Gasteiger partial charge is 0.292 e. The van der Waals surface area contributed by atoms with Crippen molar-refractivity contribution in [3.8, 4) is 84.0 Å². The molecule has 1 heterocycles. The van der Waals surface area contributed by atoms with E-state index >= 15 is 0 Å². The minimum atomic E-state index is 0.918. The summed E-state index contributed by atoms with van der Waals surface area (Å²) >= 11 is 0. The van der Waals surface area contributed by atoms with Gasteiger partial charge in [0.15, 0.2) is 0 Å². The summed E-state index contributed by atoms with van der Waals surface area (Å²) in [5, 5.41) is 4.92. The molecule has 11 aromatic rings. The predicted molar refractivity (Wildman–Crippen MR) is 257 cm³/mol. The molecular weight excluding hydrogens is 737 g/mol. The highest BCUT2D eigenvalue weighted by molar-refractivity contribution is 6.22. The maximum Gasteiger partial charge on any atom is 0.144 e. The van der Waals surface area contributed by atoms with Crippen molar-refractivity contribution in [1.29, 1.82) is 0 Å². The Bertz CT molecular complexity index is 3310. The van der Waals surface area contributed by atoms with Crippen molar-refractivity contribution >= 4 is 21.5 Å². The summed E-state index contributed by atoms with van der Waals surface area (Å²) in [7, 11) is 0. The maximum absolute atomic E-state index is 4.96. The summed E-state index contributed by atoms with van der Waals surface area (Å²) in [6.07, 6.45) is 2.00. The molecule has 2 heteroatoms. The molecule has 0 aliphatic heterocycles. The lowest BCUT2D eigenvalue weighted by Gasteiger charge is -2.19. The minimum absolute atomic E-state index is 0.918. The Morgan fingerprint density at radius 3 is 1.23 bits per heavy atom. The van der Waals surface area contributed by atoms with E-state index in [0.717, 1.165) is 33.9 Å². The van der Waals surface area contributed by atoms with Gasteiger partial charge in [0, 0.05) is 16.8 Å². The normalized spacial score (nSPS) is 11.3. The van der Waals surface area contributed by atoms with Crippen molar-refractivity contribution in [2.24, 2.45) is 0 Å². The number of para-hydroxylation sites is 1. The van der Waals surface area contributed by atoms with Gasteiger partial charge in [-0.1, -0.05) is 206 Å². The number of aromatic nitrogens is 2. The van der Waals surface area contributed by atoms with Crippen molar-refractivity contribution in [3.05, 3.63) is 243 Å². The molecule has 1 aromatic heterocycles. The van der Waals surface area contributed by atoms with Crippen LogP contribution in [0.2, 0.25) is 0 Å². The average molecular weight is 777 g/mol. The molecule has 0 saturated heterocycles. The Kier molecular flexibility index (Phi) is 9.22. The fraction of sp³-hybridized carbons (Fsp3) is 0. The lowest BCUT2D eigenvalue weighted by atomic mass is 9.84. The van der Waals surface area contributed by atoms with Crippen molar-refractivity contribution in [2.45, 2.75) is 0 Å². The molecule has 0 amide bonds. The predicted octanol–water partition coefficient (Wildman–Crippen LogP) is 15.8. The van der Waals surface area contributed by atoms with E-state index in [2.05, 4.69) is 235 Å². The van der Waals surface area contributed by atoms with Crippen LogP contribution in [0.15, 0.2) is 243 Å². The second-order valence-corrected chi connectivity index (χ2v) is 15.5. The molecule has 0 N–H and O–H groups in total. The smallest absolute Gasteiger partial charge is 0.144 e. The third-order valence-electron chi connectivity index (χ3n) is 11.9. The third kappa shape index (κ3) is 6.71. The first-order valence-corrected chi connectivity index (χ1v) is 20.9. The molecule has 0 aliphatic carbocycles. The summed E-state index contributed by atoms with van der Waals surface area (Å²) < 4.78 is 2.26. The van der Waals surface area contributed by atoms with Gasteiger partial charge >= 0.3 is 0 Å². The zero-order valence-corrected chi connectivity index (χ0v) is 33.5. The minimum Gasteiger partial charge on any atom is -0.292 e. The molecule has 0 unspecified atom stereocenters. The van der Waals surface area contributed by atoms with Gasteiger partial charge in [-0.2, -0.15) is 0 Å². The fourth-order valence-electron chi connectivity index (χ4n) is 8.97. The molecule has 0 saturated carbocycles. The third-order valence-corrected chi connectivity index (χ3v) is 11.9. The van der Waals surface area contributed by atoms with Crippen molar-refractivity contribution in [2.75, 3.05) is 0 Å². The quantitative estimate of drug-likeness (QED) is 0.141. The number of hydrogen-bond donors (Lipinski definition) is 0. The molecular formula is C59H40N2. The van der Waals surface area contributed by atoms with Crippen molar-refractivity contribution in [1.82, 2.24) is 9.55 Å². The Morgan fingerprint density at radius 1 is 0.262 bits per heavy atom. The van der Waals surface area contributed by atoms with Crippen LogP contribution in [0, 0.1) is 0 Å². The Balaban J connectivity index is 1.10. The number of fused-ring (bicyclic) bond motifs is 2. The molecule has 61 heavy (non-hydrogen) atoms. The van der Waals surface area contributed by atoms with E-state index in [1.54, 1.807) is 0 Å². The van der Waals surface area contributed by atoms with Crippen LogP contribution >= 0.6 is 0 Å². The first-order chi connectivity index (χ1) is 30.3. The van der Waals surface area contributed by atoms with Gasteiger partial charge < -0.3 is 0 Å². The molecule has 0 aliphatic rings. The summed E-state index contributed by atoms with van der Waals surface area (Å²) in [6, 6.07) is 85.3. The van der Waals surface area contributed by atoms with E-state index in [4.69, 9.17) is 4.98 Å². The average Bonchev–Trinajstić information content (AvgIpc) is 3.80. The zero-order chi connectivity index (χ0) is 40.5. The topological polar surface area (TPSA) is 17.8 Å². The summed E-state index contributed by atoms with van der Waals surface area (Å²) in [4.78, 5) is 4.96. The van der Waals surface area contributed by atoms with E-state index in [1.807, 2.05) is 12.3 Å². The molecule has 10 aromatic carbocycles. The van der Waals surface area contributed by atoms with Gasteiger partial charge in [0.2, 0.25) is 0 Å². The summed E-state index contributed by atoms with van der Waals surface area (Å²) in [5.41, 5.74) is 16.3. The van der Waals surface area contributed by atoms with Gasteiger partial charge in [0.1, 0.15) is 5.82 Å². The van der Waals surface area contributed by atoms with E-state index in [1.165, 1.54) is 71.6 Å². The van der Waals surface area contributed by atoms with Crippen LogP contribution in [0.4, 0.5) is 0 Å². The van der Waals surface area contributed by atoms with E-state index < -0.39 is 0 Å². The molecule has 0 bridgehead atoms. The summed E-state index contributed by atoms with van der Waals surface area (Å²) in [5.74, 6) is 0.918. The molecule has 0 radical (unpaired) electrons. The van der Waals surface area contributed by atoms with Gasteiger partial charge in [0.25, 0.3) is 0 Å². The van der Waals surface area contributed by atoms with Crippen LogP contribution in [-0.4, -0.2) is 9.55 Å². The highest BCUT2D eigenvalue weighted by atomic mass is 15.1. The van der Waals surface area contributed by atoms with Gasteiger partial charge in [-0.3, -0.25) is 4.57 Å². The fourth-order valence-corrected chi connectivity index (χ4v) is 8.97. The van der Waals surface area contributed by atoms with Crippen LogP contribution in [0.25, 0.3) is 106 Å². The Morgan fingerprint density at radius 2 is 0.656 bits per heavy atom. The van der Waals surface area contributed by atoms with Crippen molar-refractivity contribution in [3.63, 3.8) is 0 Å². The highest BCUT2D eigenvalue weighted by Gasteiger charge is 2.20. The zero-order valence-electron chi connectivity index (χ0n) is 33.5. The van der Waals surface area contributed by atoms with Crippen LogP contribution in [0.1, 0.15) is 0 Å². The molecule has 0 fully saturated rings. The van der Waals surface area contributed by atoms with Crippen LogP contribution in [-0.2, 0) is 0 Å². The number of imidazole rings is 1. The van der Waals surface area contributed by atoms with E-state index in [9.17, 15) is 0 Å².